The van der Waals surface area contributed by atoms with Gasteiger partial charge < -0.3 is 9.47 Å². The molecule has 0 bridgehead atoms. The van der Waals surface area contributed by atoms with Crippen LogP contribution < -0.4 is 4.74 Å². The van der Waals surface area contributed by atoms with Crippen LogP contribution >= 0.6 is 15.9 Å². The van der Waals surface area contributed by atoms with Gasteiger partial charge in [-0.2, -0.15) is 0 Å². The predicted octanol–water partition coefficient (Wildman–Crippen LogP) is 3.82. The van der Waals surface area contributed by atoms with Crippen molar-refractivity contribution in [2.45, 2.75) is 19.8 Å². The number of aryl methyl sites for hydroxylation is 1. The Hall–Kier alpha value is -2.47. The molecule has 3 atom stereocenters. The second kappa shape index (κ2) is 5.76. The Balaban J connectivity index is 1.91. The minimum Gasteiger partial charge on any atom is -0.468 e. The summed E-state index contributed by atoms with van der Waals surface area (Å²) in [6.07, 6.45) is 0. The zero-order chi connectivity index (χ0) is 19.6. The zero-order valence-electron chi connectivity index (χ0n) is 15.0. The molecule has 4 rings (SSSR count). The van der Waals surface area contributed by atoms with Gasteiger partial charge in [0.05, 0.1) is 12.5 Å². The molecule has 1 saturated carbocycles. The highest BCUT2D eigenvalue weighted by Gasteiger charge is 2.89. The van der Waals surface area contributed by atoms with Crippen LogP contribution in [0.5, 0.6) is 5.75 Å². The van der Waals surface area contributed by atoms with Crippen molar-refractivity contribution in [3.05, 3.63) is 63.6 Å². The van der Waals surface area contributed by atoms with Crippen molar-refractivity contribution in [1.29, 1.82) is 0 Å². The third kappa shape index (κ3) is 2.13. The van der Waals surface area contributed by atoms with Crippen LogP contribution in [0.3, 0.4) is 0 Å². The van der Waals surface area contributed by atoms with Gasteiger partial charge >= 0.3 is 11.9 Å². The fraction of sp³-hybridized carbons (Fsp3) is 0.286. The van der Waals surface area contributed by atoms with Crippen LogP contribution in [0.2, 0.25) is 0 Å². The van der Waals surface area contributed by atoms with Crippen molar-refractivity contribution in [2.75, 3.05) is 7.11 Å². The van der Waals surface area contributed by atoms with E-state index in [1.165, 1.54) is 7.11 Å². The molecule has 138 valence electrons. The highest BCUT2D eigenvalue weighted by molar-refractivity contribution is 9.10. The molecule has 1 fully saturated rings. The lowest BCUT2D eigenvalue weighted by molar-refractivity contribution is -0.160. The van der Waals surface area contributed by atoms with E-state index in [0.29, 0.717) is 16.9 Å². The molecule has 2 aliphatic rings. The lowest BCUT2D eigenvalue weighted by atomic mass is 9.86. The van der Waals surface area contributed by atoms with Gasteiger partial charge in [0, 0.05) is 21.5 Å². The van der Waals surface area contributed by atoms with Crippen molar-refractivity contribution in [3.8, 4) is 5.75 Å². The van der Waals surface area contributed by atoms with Crippen molar-refractivity contribution in [2.24, 2.45) is 10.8 Å². The van der Waals surface area contributed by atoms with Crippen LogP contribution in [0, 0.1) is 17.8 Å². The molecule has 2 aromatic carbocycles. The van der Waals surface area contributed by atoms with Gasteiger partial charge in [-0.05, 0) is 32.0 Å². The molecule has 0 spiro atoms. The van der Waals surface area contributed by atoms with Crippen LogP contribution in [0.25, 0.3) is 0 Å². The number of ketones is 1. The summed E-state index contributed by atoms with van der Waals surface area (Å²) in [5.41, 5.74) is -0.834. The first-order valence-electron chi connectivity index (χ1n) is 8.50. The van der Waals surface area contributed by atoms with Crippen LogP contribution in [0.15, 0.2) is 46.9 Å². The van der Waals surface area contributed by atoms with Crippen molar-refractivity contribution >= 4 is 33.7 Å². The smallest absolute Gasteiger partial charge is 0.330 e. The molecule has 1 aliphatic heterocycles. The predicted molar refractivity (Wildman–Crippen MR) is 101 cm³/mol. The number of halogens is 1. The first kappa shape index (κ1) is 17.9. The standard InChI is InChI=1S/C21H17BrO5/c1-11-4-6-12(7-5-11)17(23)20(2)16-14-10-13(22)8-9-15(14)27-19(25)21(16,20)18(24)26-3/h4-10,16H,1-3H3. The van der Waals surface area contributed by atoms with E-state index < -0.39 is 28.7 Å². The average molecular weight is 429 g/mol. The van der Waals surface area contributed by atoms with Crippen LogP contribution in [0.4, 0.5) is 0 Å². The normalized spacial score (nSPS) is 27.9. The lowest BCUT2D eigenvalue weighted by Crippen LogP contribution is -2.39. The first-order valence-corrected chi connectivity index (χ1v) is 9.29. The molecule has 27 heavy (non-hydrogen) atoms. The second-order valence-electron chi connectivity index (χ2n) is 7.20. The number of ether oxygens (including phenoxy) is 2. The Bertz CT molecular complexity index is 996. The molecule has 1 heterocycles. The summed E-state index contributed by atoms with van der Waals surface area (Å²) in [6, 6.07) is 12.3. The number of hydrogen-bond donors (Lipinski definition) is 0. The number of carbonyl (C=O) groups is 3. The minimum absolute atomic E-state index is 0.275. The van der Waals surface area contributed by atoms with Crippen LogP contribution in [-0.2, 0) is 14.3 Å². The molecule has 1 aliphatic carbocycles. The Morgan fingerprint density at radius 1 is 1.15 bits per heavy atom. The molecule has 0 radical (unpaired) electrons. The largest absolute Gasteiger partial charge is 0.468 e. The van der Waals surface area contributed by atoms with E-state index >= 15 is 0 Å². The van der Waals surface area contributed by atoms with E-state index in [9.17, 15) is 14.4 Å². The number of carbonyl (C=O) groups excluding carboxylic acids is 3. The molecule has 0 saturated heterocycles. The fourth-order valence-electron chi connectivity index (χ4n) is 4.40. The monoisotopic (exact) mass is 428 g/mol. The van der Waals surface area contributed by atoms with E-state index in [1.807, 2.05) is 19.1 Å². The number of Topliss-reactive ketones (excluding diaryl/α,β-unsaturated/α-hetero) is 1. The van der Waals surface area contributed by atoms with Gasteiger partial charge in [-0.25, -0.2) is 0 Å². The second-order valence-corrected chi connectivity index (χ2v) is 8.12. The summed E-state index contributed by atoms with van der Waals surface area (Å²) in [7, 11) is 1.22. The van der Waals surface area contributed by atoms with E-state index in [-0.39, 0.29) is 5.78 Å². The van der Waals surface area contributed by atoms with Crippen LogP contribution in [0.1, 0.15) is 34.3 Å². The van der Waals surface area contributed by atoms with E-state index in [1.54, 1.807) is 37.3 Å². The van der Waals surface area contributed by atoms with E-state index in [0.717, 1.165) is 10.0 Å². The number of rotatable bonds is 3. The van der Waals surface area contributed by atoms with Gasteiger partial charge in [0.15, 0.2) is 11.2 Å². The third-order valence-corrected chi connectivity index (χ3v) is 6.34. The summed E-state index contributed by atoms with van der Waals surface area (Å²) in [4.78, 5) is 39.1. The molecule has 0 N–H and O–H groups in total. The van der Waals surface area contributed by atoms with Crippen molar-refractivity contribution < 1.29 is 23.9 Å². The Morgan fingerprint density at radius 3 is 2.44 bits per heavy atom. The molecular weight excluding hydrogens is 412 g/mol. The third-order valence-electron chi connectivity index (χ3n) is 5.85. The van der Waals surface area contributed by atoms with Gasteiger partial charge in [-0.3, -0.25) is 14.4 Å². The van der Waals surface area contributed by atoms with Gasteiger partial charge in [0.25, 0.3) is 0 Å². The Morgan fingerprint density at radius 2 is 1.81 bits per heavy atom. The summed E-state index contributed by atoms with van der Waals surface area (Å²) in [5.74, 6) is -2.03. The zero-order valence-corrected chi connectivity index (χ0v) is 16.6. The quantitative estimate of drug-likeness (QED) is 0.321. The summed E-state index contributed by atoms with van der Waals surface area (Å²) < 4.78 is 11.2. The summed E-state index contributed by atoms with van der Waals surface area (Å²) >= 11 is 3.41. The molecule has 3 unspecified atom stereocenters. The highest BCUT2D eigenvalue weighted by Crippen LogP contribution is 2.78. The minimum atomic E-state index is -1.67. The lowest BCUT2D eigenvalue weighted by Gasteiger charge is -2.21. The Kier molecular flexibility index (Phi) is 3.82. The summed E-state index contributed by atoms with van der Waals surface area (Å²) in [5, 5.41) is 0. The van der Waals surface area contributed by atoms with Crippen LogP contribution in [-0.4, -0.2) is 24.8 Å². The molecule has 0 amide bonds. The highest BCUT2D eigenvalue weighted by atomic mass is 79.9. The molecule has 5 nitrogen and oxygen atoms in total. The van der Waals surface area contributed by atoms with Crippen molar-refractivity contribution in [1.82, 2.24) is 0 Å². The van der Waals surface area contributed by atoms with Crippen molar-refractivity contribution in [3.63, 3.8) is 0 Å². The fourth-order valence-corrected chi connectivity index (χ4v) is 4.78. The van der Waals surface area contributed by atoms with E-state index in [2.05, 4.69) is 15.9 Å². The van der Waals surface area contributed by atoms with Gasteiger partial charge in [0.1, 0.15) is 5.75 Å². The van der Waals surface area contributed by atoms with Gasteiger partial charge in [0.2, 0.25) is 0 Å². The first-order chi connectivity index (χ1) is 12.8. The number of esters is 2. The maximum atomic E-state index is 13.4. The molecular formula is C21H17BrO5. The van der Waals surface area contributed by atoms with E-state index in [4.69, 9.17) is 9.47 Å². The van der Waals surface area contributed by atoms with Gasteiger partial charge in [-0.1, -0.05) is 45.8 Å². The molecule has 6 heteroatoms. The number of fused-ring (bicyclic) bond motifs is 3. The maximum absolute atomic E-state index is 13.4. The number of hydrogen-bond acceptors (Lipinski definition) is 5. The summed E-state index contributed by atoms with van der Waals surface area (Å²) in [6.45, 7) is 3.57. The SMILES string of the molecule is COC(=O)C12C(=O)Oc3ccc(Br)cc3C1C2(C)C(=O)c1ccc(C)cc1. The van der Waals surface area contributed by atoms with Gasteiger partial charge in [-0.15, -0.1) is 0 Å². The molecule has 2 aromatic rings. The average Bonchev–Trinajstić information content (AvgIpc) is 3.25. The number of methoxy groups -OCH3 is 1. The molecule has 0 aromatic heterocycles. The Labute approximate surface area is 164 Å². The topological polar surface area (TPSA) is 69.7 Å². The number of benzene rings is 2. The maximum Gasteiger partial charge on any atom is 0.330 e.